The van der Waals surface area contributed by atoms with Crippen molar-refractivity contribution in [2.45, 2.75) is 19.5 Å². The van der Waals surface area contributed by atoms with Gasteiger partial charge in [0, 0.05) is 34.3 Å². The average molecular weight is 325 g/mol. The van der Waals surface area contributed by atoms with Gasteiger partial charge in [-0.3, -0.25) is 10.1 Å². The number of hydrogen-bond acceptors (Lipinski definition) is 3. The highest BCUT2D eigenvalue weighted by Gasteiger charge is 2.14. The number of nitrogens with zero attached hydrogens (tertiary/aromatic N) is 1. The lowest BCUT2D eigenvalue weighted by atomic mass is 10.1. The summed E-state index contributed by atoms with van der Waals surface area (Å²) in [4.78, 5) is 10.6. The van der Waals surface area contributed by atoms with Gasteiger partial charge in [0.1, 0.15) is 0 Å². The van der Waals surface area contributed by atoms with E-state index in [-0.39, 0.29) is 11.7 Å². The van der Waals surface area contributed by atoms with Gasteiger partial charge in [-0.15, -0.1) is 0 Å². The van der Waals surface area contributed by atoms with Crippen LogP contribution in [0.4, 0.5) is 5.69 Å². The van der Waals surface area contributed by atoms with Gasteiger partial charge in [-0.1, -0.05) is 35.3 Å². The third kappa shape index (κ3) is 4.17. The van der Waals surface area contributed by atoms with Crippen LogP contribution in [-0.4, -0.2) is 4.92 Å². The van der Waals surface area contributed by atoms with E-state index in [4.69, 9.17) is 23.2 Å². The topological polar surface area (TPSA) is 55.2 Å². The summed E-state index contributed by atoms with van der Waals surface area (Å²) in [5.41, 5.74) is 1.69. The summed E-state index contributed by atoms with van der Waals surface area (Å²) in [5.74, 6) is 0. The Morgan fingerprint density at radius 2 is 1.76 bits per heavy atom. The summed E-state index contributed by atoms with van der Waals surface area (Å²) in [6.45, 7) is 2.35. The Labute approximate surface area is 132 Å². The number of halogens is 2. The van der Waals surface area contributed by atoms with Crippen molar-refractivity contribution in [3.63, 3.8) is 0 Å². The number of hydrogen-bond donors (Lipinski definition) is 1. The van der Waals surface area contributed by atoms with Crippen LogP contribution in [0.15, 0.2) is 42.5 Å². The van der Waals surface area contributed by atoms with Gasteiger partial charge in [0.05, 0.1) is 4.92 Å². The van der Waals surface area contributed by atoms with Crippen molar-refractivity contribution >= 4 is 28.9 Å². The molecule has 0 aliphatic carbocycles. The van der Waals surface area contributed by atoms with Gasteiger partial charge in [0.15, 0.2) is 0 Å². The molecule has 110 valence electrons. The summed E-state index contributed by atoms with van der Waals surface area (Å²) in [7, 11) is 0. The molecule has 2 aromatic carbocycles. The quantitative estimate of drug-likeness (QED) is 0.637. The second-order valence-electron chi connectivity index (χ2n) is 4.68. The zero-order chi connectivity index (χ0) is 15.4. The minimum atomic E-state index is -0.402. The van der Waals surface area contributed by atoms with E-state index in [0.29, 0.717) is 22.2 Å². The zero-order valence-corrected chi connectivity index (χ0v) is 12.9. The second kappa shape index (κ2) is 6.89. The first-order valence-electron chi connectivity index (χ1n) is 6.39. The van der Waals surface area contributed by atoms with Crippen LogP contribution in [-0.2, 0) is 6.54 Å². The first kappa shape index (κ1) is 15.8. The Morgan fingerprint density at radius 1 is 1.14 bits per heavy atom. The summed E-state index contributed by atoms with van der Waals surface area (Å²) in [6, 6.07) is 12.1. The van der Waals surface area contributed by atoms with Gasteiger partial charge in [-0.05, 0) is 36.8 Å². The Bertz CT molecular complexity index is 645. The van der Waals surface area contributed by atoms with E-state index in [2.05, 4.69) is 5.32 Å². The number of rotatable bonds is 5. The van der Waals surface area contributed by atoms with Crippen molar-refractivity contribution < 1.29 is 4.92 Å². The van der Waals surface area contributed by atoms with Crippen molar-refractivity contribution in [3.8, 4) is 0 Å². The summed E-state index contributed by atoms with van der Waals surface area (Å²) < 4.78 is 0. The van der Waals surface area contributed by atoms with Crippen molar-refractivity contribution in [3.05, 3.63) is 73.8 Å². The molecule has 0 amide bonds. The van der Waals surface area contributed by atoms with Crippen LogP contribution in [0.25, 0.3) is 0 Å². The van der Waals surface area contributed by atoms with Crippen molar-refractivity contribution in [2.75, 3.05) is 0 Å². The molecule has 4 nitrogen and oxygen atoms in total. The SMILES string of the molecule is C[C@@H](NCc1cc(Cl)ccc1[N+](=O)[O-])c1ccc(Cl)cc1. The Hall–Kier alpha value is -1.62. The number of nitro groups is 1. The molecule has 0 aromatic heterocycles. The number of nitrogens with one attached hydrogen (secondary N) is 1. The monoisotopic (exact) mass is 324 g/mol. The smallest absolute Gasteiger partial charge is 0.273 e. The van der Waals surface area contributed by atoms with Crippen LogP contribution >= 0.6 is 23.2 Å². The van der Waals surface area contributed by atoms with E-state index in [0.717, 1.165) is 5.56 Å². The lowest BCUT2D eigenvalue weighted by Crippen LogP contribution is -2.18. The summed E-state index contributed by atoms with van der Waals surface area (Å²) in [5, 5.41) is 15.4. The molecule has 0 saturated carbocycles. The van der Waals surface area contributed by atoms with E-state index in [1.54, 1.807) is 6.07 Å². The van der Waals surface area contributed by atoms with E-state index in [9.17, 15) is 10.1 Å². The van der Waals surface area contributed by atoms with Gasteiger partial charge in [-0.25, -0.2) is 0 Å². The maximum absolute atomic E-state index is 11.0. The molecule has 0 fully saturated rings. The van der Waals surface area contributed by atoms with E-state index >= 15 is 0 Å². The molecule has 0 saturated heterocycles. The van der Waals surface area contributed by atoms with Crippen molar-refractivity contribution in [2.24, 2.45) is 0 Å². The third-order valence-electron chi connectivity index (χ3n) is 3.21. The lowest BCUT2D eigenvalue weighted by molar-refractivity contribution is -0.385. The van der Waals surface area contributed by atoms with E-state index < -0.39 is 4.92 Å². The number of nitro benzene ring substituents is 1. The van der Waals surface area contributed by atoms with Gasteiger partial charge in [0.25, 0.3) is 5.69 Å². The number of benzene rings is 2. The molecule has 0 heterocycles. The molecule has 0 aliphatic heterocycles. The molecular weight excluding hydrogens is 311 g/mol. The highest BCUT2D eigenvalue weighted by atomic mass is 35.5. The largest absolute Gasteiger partial charge is 0.306 e. The Morgan fingerprint density at radius 3 is 2.38 bits per heavy atom. The van der Waals surface area contributed by atoms with Crippen LogP contribution in [0.2, 0.25) is 10.0 Å². The summed E-state index contributed by atoms with van der Waals surface area (Å²) >= 11 is 11.8. The Kier molecular flexibility index (Phi) is 5.17. The third-order valence-corrected chi connectivity index (χ3v) is 3.69. The minimum absolute atomic E-state index is 0.0425. The van der Waals surface area contributed by atoms with E-state index in [1.165, 1.54) is 12.1 Å². The van der Waals surface area contributed by atoms with Crippen LogP contribution in [0, 0.1) is 10.1 Å². The maximum Gasteiger partial charge on any atom is 0.273 e. The fourth-order valence-corrected chi connectivity index (χ4v) is 2.33. The lowest BCUT2D eigenvalue weighted by Gasteiger charge is -2.14. The standard InChI is InChI=1S/C15H14Cl2N2O2/c1-10(11-2-4-13(16)5-3-11)18-9-12-8-14(17)6-7-15(12)19(20)21/h2-8,10,18H,9H2,1H3/t10-/m1/s1. The minimum Gasteiger partial charge on any atom is -0.306 e. The average Bonchev–Trinajstić information content (AvgIpc) is 2.45. The maximum atomic E-state index is 11.0. The van der Waals surface area contributed by atoms with Crippen LogP contribution in [0.3, 0.4) is 0 Å². The predicted octanol–water partition coefficient (Wildman–Crippen LogP) is 4.75. The highest BCUT2D eigenvalue weighted by molar-refractivity contribution is 6.30. The predicted molar refractivity (Wildman–Crippen MR) is 84.8 cm³/mol. The van der Waals surface area contributed by atoms with Crippen LogP contribution in [0.5, 0.6) is 0 Å². The van der Waals surface area contributed by atoms with Gasteiger partial charge < -0.3 is 5.32 Å². The molecule has 0 bridgehead atoms. The molecule has 2 aromatic rings. The molecule has 1 N–H and O–H groups in total. The highest BCUT2D eigenvalue weighted by Crippen LogP contribution is 2.24. The van der Waals surface area contributed by atoms with Gasteiger partial charge in [-0.2, -0.15) is 0 Å². The second-order valence-corrected chi connectivity index (χ2v) is 5.56. The Balaban J connectivity index is 2.10. The first-order chi connectivity index (χ1) is 9.97. The van der Waals surface area contributed by atoms with E-state index in [1.807, 2.05) is 31.2 Å². The molecule has 0 aliphatic rings. The van der Waals surface area contributed by atoms with Crippen molar-refractivity contribution in [1.82, 2.24) is 5.32 Å². The molecule has 1 atom stereocenters. The summed E-state index contributed by atoms with van der Waals surface area (Å²) in [6.07, 6.45) is 0. The zero-order valence-electron chi connectivity index (χ0n) is 11.3. The fraction of sp³-hybridized carbons (Fsp3) is 0.200. The normalized spacial score (nSPS) is 12.1. The molecule has 0 spiro atoms. The molecule has 0 unspecified atom stereocenters. The van der Waals surface area contributed by atoms with Crippen LogP contribution in [0.1, 0.15) is 24.1 Å². The van der Waals surface area contributed by atoms with Crippen molar-refractivity contribution in [1.29, 1.82) is 0 Å². The van der Waals surface area contributed by atoms with Gasteiger partial charge in [0.2, 0.25) is 0 Å². The molecular formula is C15H14Cl2N2O2. The molecule has 0 radical (unpaired) electrons. The van der Waals surface area contributed by atoms with Gasteiger partial charge >= 0.3 is 0 Å². The molecule has 21 heavy (non-hydrogen) atoms. The first-order valence-corrected chi connectivity index (χ1v) is 7.14. The van der Waals surface area contributed by atoms with Crippen LogP contribution < -0.4 is 5.32 Å². The fourth-order valence-electron chi connectivity index (χ4n) is 2.01. The molecule has 6 heteroatoms. The molecule has 2 rings (SSSR count).